The first kappa shape index (κ1) is 24.9. The minimum Gasteiger partial charge on any atom is -0.325 e. The van der Waals surface area contributed by atoms with Crippen molar-refractivity contribution < 1.29 is 14.4 Å². The zero-order valence-electron chi connectivity index (χ0n) is 22.4. The van der Waals surface area contributed by atoms with Crippen LogP contribution in [-0.4, -0.2) is 39.9 Å². The van der Waals surface area contributed by atoms with Gasteiger partial charge in [0.15, 0.2) is 5.66 Å². The van der Waals surface area contributed by atoms with Crippen LogP contribution in [0.2, 0.25) is 0 Å². The van der Waals surface area contributed by atoms with Gasteiger partial charge >= 0.3 is 0 Å². The fourth-order valence-electron chi connectivity index (χ4n) is 6.32. The van der Waals surface area contributed by atoms with E-state index in [1.165, 1.54) is 4.90 Å². The van der Waals surface area contributed by atoms with Crippen molar-refractivity contribution in [3.63, 3.8) is 0 Å². The van der Waals surface area contributed by atoms with Crippen LogP contribution in [0.3, 0.4) is 0 Å². The number of carbonyl (C=O) groups excluding carboxylic acids is 3. The van der Waals surface area contributed by atoms with Crippen molar-refractivity contribution in [2.45, 2.75) is 30.8 Å². The van der Waals surface area contributed by atoms with E-state index in [0.717, 1.165) is 22.3 Å². The number of fused-ring (bicyclic) bond motifs is 3. The molecule has 0 fully saturated rings. The minimum atomic E-state index is -1.04. The highest BCUT2D eigenvalue weighted by Crippen LogP contribution is 2.47. The van der Waals surface area contributed by atoms with E-state index in [4.69, 9.17) is 4.99 Å². The Hall–Kier alpha value is -5.11. The Balaban J connectivity index is 1.13. The molecule has 3 heterocycles. The van der Waals surface area contributed by atoms with Crippen LogP contribution >= 0.6 is 0 Å². The molecule has 7 rings (SSSR count). The van der Waals surface area contributed by atoms with Gasteiger partial charge in [-0.05, 0) is 54.7 Å². The molecule has 1 spiro atoms. The maximum atomic E-state index is 13.7. The molecule has 3 aliphatic rings. The van der Waals surface area contributed by atoms with Crippen molar-refractivity contribution in [2.75, 3.05) is 17.2 Å². The number of benzene rings is 3. The molecule has 3 amide bonds. The lowest BCUT2D eigenvalue weighted by Crippen LogP contribution is -2.46. The molecule has 202 valence electrons. The first-order valence-corrected chi connectivity index (χ1v) is 13.6. The second-order valence-electron chi connectivity index (χ2n) is 10.9. The number of anilines is 2. The Morgan fingerprint density at radius 1 is 0.927 bits per heavy atom. The van der Waals surface area contributed by atoms with Gasteiger partial charge in [-0.2, -0.15) is 0 Å². The second-order valence-corrected chi connectivity index (χ2v) is 10.9. The smallest absolute Gasteiger partial charge is 0.275 e. The summed E-state index contributed by atoms with van der Waals surface area (Å²) in [4.78, 5) is 50.9. The Morgan fingerprint density at radius 2 is 1.66 bits per heavy atom. The zero-order valence-corrected chi connectivity index (χ0v) is 22.4. The molecule has 0 saturated heterocycles. The highest BCUT2D eigenvalue weighted by atomic mass is 16.2. The predicted octanol–water partition coefficient (Wildman–Crippen LogP) is 4.21. The van der Waals surface area contributed by atoms with Crippen LogP contribution in [0.15, 0.2) is 102 Å². The van der Waals surface area contributed by atoms with Gasteiger partial charge < -0.3 is 10.6 Å². The number of aromatic nitrogens is 1. The molecular formula is C33H27N5O3. The Bertz CT molecular complexity index is 1750. The van der Waals surface area contributed by atoms with E-state index in [0.29, 0.717) is 35.6 Å². The van der Waals surface area contributed by atoms with Gasteiger partial charge in [0.2, 0.25) is 11.8 Å². The van der Waals surface area contributed by atoms with Gasteiger partial charge in [-0.1, -0.05) is 72.8 Å². The average molecular weight is 542 g/mol. The quantitative estimate of drug-likeness (QED) is 0.395. The van der Waals surface area contributed by atoms with E-state index in [1.54, 1.807) is 6.20 Å². The third kappa shape index (κ3) is 3.94. The summed E-state index contributed by atoms with van der Waals surface area (Å²) in [6.07, 6.45) is 2.79. The number of nitrogens with zero attached hydrogens (tertiary/aromatic N) is 3. The van der Waals surface area contributed by atoms with Crippen LogP contribution in [0.4, 0.5) is 11.5 Å². The lowest BCUT2D eigenvalue weighted by atomic mass is 9.79. The summed E-state index contributed by atoms with van der Waals surface area (Å²) < 4.78 is 0. The van der Waals surface area contributed by atoms with E-state index >= 15 is 0 Å². The molecule has 0 radical (unpaired) electrons. The topological polar surface area (TPSA) is 104 Å². The van der Waals surface area contributed by atoms with Crippen LogP contribution in [0, 0.1) is 0 Å². The van der Waals surface area contributed by atoms with Gasteiger partial charge in [-0.3, -0.25) is 19.3 Å². The number of aliphatic imine (C=N–C) groups is 1. The Labute approximate surface area is 237 Å². The average Bonchev–Trinajstić information content (AvgIpc) is 3.60. The van der Waals surface area contributed by atoms with Crippen LogP contribution in [0.5, 0.6) is 0 Å². The van der Waals surface area contributed by atoms with Crippen molar-refractivity contribution in [1.29, 1.82) is 0 Å². The number of hydrogen-bond acceptors (Lipinski definition) is 5. The van der Waals surface area contributed by atoms with Gasteiger partial charge in [0.05, 0.1) is 5.41 Å². The highest BCUT2D eigenvalue weighted by Gasteiger charge is 2.51. The third-order valence-corrected chi connectivity index (χ3v) is 8.44. The fraction of sp³-hybridized carbons (Fsp3) is 0.182. The van der Waals surface area contributed by atoms with Gasteiger partial charge in [0.1, 0.15) is 18.1 Å². The van der Waals surface area contributed by atoms with E-state index in [2.05, 4.69) is 15.6 Å². The molecule has 2 N–H and O–H groups in total. The number of hydrogen-bond donors (Lipinski definition) is 2. The summed E-state index contributed by atoms with van der Waals surface area (Å²) in [7, 11) is 0. The molecule has 2 aliphatic heterocycles. The number of carbonyl (C=O) groups is 3. The maximum absolute atomic E-state index is 13.7. The van der Waals surface area contributed by atoms with Crippen molar-refractivity contribution in [3.05, 3.63) is 125 Å². The monoisotopic (exact) mass is 541 g/mol. The summed E-state index contributed by atoms with van der Waals surface area (Å²) in [5, 5.41) is 5.90. The summed E-state index contributed by atoms with van der Waals surface area (Å²) in [5.74, 6) is -0.0541. The first-order chi connectivity index (χ1) is 19.9. The lowest BCUT2D eigenvalue weighted by Gasteiger charge is -2.33. The van der Waals surface area contributed by atoms with Gasteiger partial charge in [-0.25, -0.2) is 9.98 Å². The standard InChI is InChI=1S/C33H27N5O3/c1-32(24-11-6-3-7-12-24)37-28(21-9-4-2-5-10-21)30(40)38(32)20-27(39)35-25-15-14-22-18-33(19-23(22)17-25)26-13-8-16-34-29(26)36-31(33)41/h2-17H,18-20H2,1H3,(H,35,39)(H,34,36,41)/t32-,33+/m0/s1. The molecule has 41 heavy (non-hydrogen) atoms. The number of nitrogens with one attached hydrogen (secondary N) is 2. The van der Waals surface area contributed by atoms with Crippen molar-refractivity contribution in [2.24, 2.45) is 4.99 Å². The Morgan fingerprint density at radius 3 is 2.44 bits per heavy atom. The van der Waals surface area contributed by atoms with E-state index in [9.17, 15) is 14.4 Å². The summed E-state index contributed by atoms with van der Waals surface area (Å²) >= 11 is 0. The van der Waals surface area contributed by atoms with E-state index in [1.807, 2.05) is 97.9 Å². The molecular weight excluding hydrogens is 514 g/mol. The van der Waals surface area contributed by atoms with Gasteiger partial charge in [-0.15, -0.1) is 0 Å². The molecule has 1 aromatic heterocycles. The van der Waals surface area contributed by atoms with Crippen LogP contribution in [-0.2, 0) is 38.3 Å². The van der Waals surface area contributed by atoms with E-state index in [-0.39, 0.29) is 24.3 Å². The number of rotatable bonds is 5. The lowest BCUT2D eigenvalue weighted by molar-refractivity contribution is -0.132. The molecule has 4 aromatic rings. The van der Waals surface area contributed by atoms with Gasteiger partial charge in [0, 0.05) is 23.0 Å². The first-order valence-electron chi connectivity index (χ1n) is 13.6. The fourth-order valence-corrected chi connectivity index (χ4v) is 6.32. The third-order valence-electron chi connectivity index (χ3n) is 8.44. The SMILES string of the molecule is C[C@]1(c2ccccc2)N=C(c2ccccc2)C(=O)N1CC(=O)Nc1ccc2c(c1)C[C@@]1(C2)C(=O)Nc2ncccc21. The van der Waals surface area contributed by atoms with Crippen molar-refractivity contribution in [3.8, 4) is 0 Å². The molecule has 3 aromatic carbocycles. The Kier molecular flexibility index (Phi) is 5.61. The number of pyridine rings is 1. The molecule has 0 saturated carbocycles. The zero-order chi connectivity index (χ0) is 28.2. The molecule has 8 nitrogen and oxygen atoms in total. The molecule has 2 atom stereocenters. The van der Waals surface area contributed by atoms with Crippen LogP contribution in [0.1, 0.15) is 34.7 Å². The van der Waals surface area contributed by atoms with Crippen molar-refractivity contribution in [1.82, 2.24) is 9.88 Å². The van der Waals surface area contributed by atoms with E-state index < -0.39 is 11.1 Å². The molecule has 8 heteroatoms. The molecule has 0 unspecified atom stereocenters. The largest absolute Gasteiger partial charge is 0.325 e. The summed E-state index contributed by atoms with van der Waals surface area (Å²) in [6, 6.07) is 28.4. The van der Waals surface area contributed by atoms with Gasteiger partial charge in [0.25, 0.3) is 5.91 Å². The van der Waals surface area contributed by atoms with Crippen LogP contribution in [0.25, 0.3) is 0 Å². The van der Waals surface area contributed by atoms with Crippen molar-refractivity contribution >= 4 is 34.9 Å². The summed E-state index contributed by atoms with van der Waals surface area (Å²) in [6.45, 7) is 1.68. The van der Waals surface area contributed by atoms with Crippen LogP contribution < -0.4 is 10.6 Å². The second kappa shape index (κ2) is 9.23. The summed E-state index contributed by atoms with van der Waals surface area (Å²) in [5.41, 5.74) is 3.75. The molecule has 1 aliphatic carbocycles. The highest BCUT2D eigenvalue weighted by molar-refractivity contribution is 6.47. The number of amides is 3. The minimum absolute atomic E-state index is 0.0463. The molecule has 0 bridgehead atoms. The predicted molar refractivity (Wildman–Crippen MR) is 156 cm³/mol. The normalized spacial score (nSPS) is 22.4. The maximum Gasteiger partial charge on any atom is 0.275 e.